The zero-order valence-electron chi connectivity index (χ0n) is 16.6. The molecule has 1 saturated heterocycles. The number of nitrogens with zero attached hydrogens (tertiary/aromatic N) is 2. The molecule has 0 atom stereocenters. The van der Waals surface area contributed by atoms with Gasteiger partial charge >= 0.3 is 18.2 Å². The van der Waals surface area contributed by atoms with Crippen LogP contribution in [0.3, 0.4) is 0 Å². The van der Waals surface area contributed by atoms with Crippen LogP contribution in [0.1, 0.15) is 18.4 Å². The number of benzene rings is 1. The molecule has 3 rings (SSSR count). The number of methoxy groups -OCH3 is 1. The Morgan fingerprint density at radius 3 is 2.55 bits per heavy atom. The number of likely N-dealkylation sites (tertiary alicyclic amines) is 1. The van der Waals surface area contributed by atoms with Gasteiger partial charge in [-0.15, -0.1) is 0 Å². The van der Waals surface area contributed by atoms with Crippen LogP contribution in [0.15, 0.2) is 24.3 Å². The second-order valence-electron chi connectivity index (χ2n) is 7.04. The van der Waals surface area contributed by atoms with Gasteiger partial charge in [0.2, 0.25) is 0 Å². The molecule has 0 spiro atoms. The summed E-state index contributed by atoms with van der Waals surface area (Å²) in [5.74, 6) is -0.291. The number of piperidine rings is 1. The van der Waals surface area contributed by atoms with Crippen LogP contribution in [0.5, 0.6) is 5.75 Å². The van der Waals surface area contributed by atoms with Crippen LogP contribution in [0.25, 0.3) is 10.9 Å². The van der Waals surface area contributed by atoms with Gasteiger partial charge in [0, 0.05) is 30.1 Å². The van der Waals surface area contributed by atoms with Gasteiger partial charge < -0.3 is 19.1 Å². The predicted octanol–water partition coefficient (Wildman–Crippen LogP) is 4.35. The van der Waals surface area contributed by atoms with Gasteiger partial charge in [-0.25, -0.2) is 9.78 Å². The van der Waals surface area contributed by atoms with Crippen LogP contribution in [0.4, 0.5) is 18.0 Å². The Morgan fingerprint density at radius 1 is 1.19 bits per heavy atom. The molecule has 0 radical (unpaired) electrons. The summed E-state index contributed by atoms with van der Waals surface area (Å²) in [5, 5.41) is 1.01. The number of hydrogen-bond donors (Lipinski definition) is 0. The number of hydrogen-bond acceptors (Lipinski definition) is 6. The number of pyridine rings is 1. The van der Waals surface area contributed by atoms with Crippen LogP contribution < -0.4 is 4.74 Å². The number of amides is 1. The molecule has 168 valence electrons. The fourth-order valence-electron chi connectivity index (χ4n) is 3.19. The van der Waals surface area contributed by atoms with Gasteiger partial charge in [-0.05, 0) is 31.0 Å². The second-order valence-corrected chi connectivity index (χ2v) is 7.39. The highest BCUT2D eigenvalue weighted by atomic mass is 35.5. The van der Waals surface area contributed by atoms with Crippen molar-refractivity contribution in [3.8, 4) is 5.75 Å². The summed E-state index contributed by atoms with van der Waals surface area (Å²) >= 11 is 6.20. The summed E-state index contributed by atoms with van der Waals surface area (Å²) in [6.07, 6.45) is -5.09. The number of ether oxygens (including phenoxy) is 3. The molecule has 0 unspecified atom stereocenters. The van der Waals surface area contributed by atoms with Crippen LogP contribution in [-0.4, -0.2) is 54.9 Å². The molecule has 31 heavy (non-hydrogen) atoms. The summed E-state index contributed by atoms with van der Waals surface area (Å²) in [6, 6.07) is 7.11. The van der Waals surface area contributed by atoms with Crippen molar-refractivity contribution in [3.05, 3.63) is 35.0 Å². The molecule has 1 aliphatic rings. The number of carbonyl (C=O) groups is 2. The van der Waals surface area contributed by atoms with Gasteiger partial charge in [-0.1, -0.05) is 11.6 Å². The van der Waals surface area contributed by atoms with Crippen LogP contribution in [0.2, 0.25) is 5.15 Å². The van der Waals surface area contributed by atoms with Crippen molar-refractivity contribution in [3.63, 3.8) is 0 Å². The predicted molar refractivity (Wildman–Crippen MR) is 105 cm³/mol. The molecule has 1 fully saturated rings. The first-order chi connectivity index (χ1) is 14.7. The Balaban J connectivity index is 1.51. The lowest BCUT2D eigenvalue weighted by Gasteiger charge is -2.30. The maximum Gasteiger partial charge on any atom is 0.422 e. The van der Waals surface area contributed by atoms with E-state index in [2.05, 4.69) is 9.72 Å². The molecule has 0 bridgehead atoms. The molecular formula is C20H20ClF3N2O5. The number of aromatic nitrogens is 1. The standard InChI is InChI=1S/C20H20ClF3N2O5/c1-29-15-3-2-13-8-14(17(21)25-16(13)9-15)10-30-18(27)12-4-6-26(7-5-12)19(28)31-11-20(22,23)24/h2-3,8-9,12H,4-7,10-11H2,1H3. The molecule has 7 nitrogen and oxygen atoms in total. The zero-order chi connectivity index (χ0) is 22.6. The molecule has 1 amide bonds. The molecule has 2 heterocycles. The molecule has 0 saturated carbocycles. The fraction of sp³-hybridized carbons (Fsp3) is 0.450. The Hall–Kier alpha value is -2.75. The van der Waals surface area contributed by atoms with Crippen molar-refractivity contribution in [1.29, 1.82) is 0 Å². The SMILES string of the molecule is COc1ccc2cc(COC(=O)C3CCN(C(=O)OCC(F)(F)F)CC3)c(Cl)nc2c1. The second kappa shape index (κ2) is 9.59. The highest BCUT2D eigenvalue weighted by Crippen LogP contribution is 2.26. The van der Waals surface area contributed by atoms with Crippen LogP contribution >= 0.6 is 11.6 Å². The third-order valence-electron chi connectivity index (χ3n) is 4.87. The van der Waals surface area contributed by atoms with E-state index in [1.54, 1.807) is 25.3 Å². The van der Waals surface area contributed by atoms with Gasteiger partial charge in [0.15, 0.2) is 6.61 Å². The summed E-state index contributed by atoms with van der Waals surface area (Å²) in [7, 11) is 1.55. The highest BCUT2D eigenvalue weighted by molar-refractivity contribution is 6.30. The molecule has 1 aliphatic heterocycles. The Morgan fingerprint density at radius 2 is 1.90 bits per heavy atom. The molecular weight excluding hydrogens is 441 g/mol. The van der Waals surface area contributed by atoms with E-state index < -0.39 is 30.8 Å². The molecule has 0 aliphatic carbocycles. The van der Waals surface area contributed by atoms with Crippen molar-refractivity contribution in [2.24, 2.45) is 5.92 Å². The fourth-order valence-corrected chi connectivity index (χ4v) is 3.39. The Kier molecular flexibility index (Phi) is 7.09. The van der Waals surface area contributed by atoms with E-state index >= 15 is 0 Å². The van der Waals surface area contributed by atoms with Crippen LogP contribution in [0, 0.1) is 5.92 Å². The summed E-state index contributed by atoms with van der Waals surface area (Å²) < 4.78 is 51.2. The first kappa shape index (κ1) is 22.9. The van der Waals surface area contributed by atoms with E-state index in [1.807, 2.05) is 6.07 Å². The molecule has 1 aromatic heterocycles. The van der Waals surface area contributed by atoms with Gasteiger partial charge in [-0.2, -0.15) is 13.2 Å². The maximum atomic E-state index is 12.4. The number of fused-ring (bicyclic) bond motifs is 1. The van der Waals surface area contributed by atoms with Crippen molar-refractivity contribution in [2.45, 2.75) is 25.6 Å². The van der Waals surface area contributed by atoms with E-state index in [-0.39, 0.29) is 37.7 Å². The lowest BCUT2D eigenvalue weighted by Crippen LogP contribution is -2.41. The van der Waals surface area contributed by atoms with Gasteiger partial charge in [0.1, 0.15) is 17.5 Å². The smallest absolute Gasteiger partial charge is 0.422 e. The Labute approximate surface area is 181 Å². The quantitative estimate of drug-likeness (QED) is 0.487. The number of carbonyl (C=O) groups excluding carboxylic acids is 2. The van der Waals surface area contributed by atoms with E-state index in [9.17, 15) is 22.8 Å². The largest absolute Gasteiger partial charge is 0.497 e. The summed E-state index contributed by atoms with van der Waals surface area (Å²) in [4.78, 5) is 29.5. The van der Waals surface area contributed by atoms with E-state index in [0.717, 1.165) is 10.3 Å². The Bertz CT molecular complexity index is 962. The van der Waals surface area contributed by atoms with Gasteiger partial charge in [-0.3, -0.25) is 4.79 Å². The van der Waals surface area contributed by atoms with Crippen molar-refractivity contribution < 1.29 is 37.0 Å². The van der Waals surface area contributed by atoms with Crippen molar-refractivity contribution in [2.75, 3.05) is 26.8 Å². The minimum Gasteiger partial charge on any atom is -0.497 e. The average molecular weight is 461 g/mol. The third-order valence-corrected chi connectivity index (χ3v) is 5.19. The summed E-state index contributed by atoms with van der Waals surface area (Å²) in [5.41, 5.74) is 1.19. The van der Waals surface area contributed by atoms with E-state index in [1.165, 1.54) is 0 Å². The number of rotatable bonds is 5. The number of alkyl halides is 3. The van der Waals surface area contributed by atoms with E-state index in [0.29, 0.717) is 16.8 Å². The minimum absolute atomic E-state index is 0.0690. The van der Waals surface area contributed by atoms with Gasteiger partial charge in [0.05, 0.1) is 18.5 Å². The molecule has 1 aromatic carbocycles. The van der Waals surface area contributed by atoms with Crippen molar-refractivity contribution in [1.82, 2.24) is 9.88 Å². The normalized spacial score (nSPS) is 15.1. The third kappa shape index (κ3) is 6.13. The van der Waals surface area contributed by atoms with Crippen LogP contribution in [-0.2, 0) is 20.9 Å². The average Bonchev–Trinajstić information content (AvgIpc) is 2.75. The minimum atomic E-state index is -4.58. The zero-order valence-corrected chi connectivity index (χ0v) is 17.3. The lowest BCUT2D eigenvalue weighted by molar-refractivity contribution is -0.163. The lowest BCUT2D eigenvalue weighted by atomic mass is 9.97. The van der Waals surface area contributed by atoms with E-state index in [4.69, 9.17) is 21.1 Å². The van der Waals surface area contributed by atoms with Crippen molar-refractivity contribution >= 4 is 34.6 Å². The first-order valence-corrected chi connectivity index (χ1v) is 9.82. The van der Waals surface area contributed by atoms with Gasteiger partial charge in [0.25, 0.3) is 0 Å². The molecule has 2 aromatic rings. The first-order valence-electron chi connectivity index (χ1n) is 9.44. The molecule has 11 heteroatoms. The molecule has 0 N–H and O–H groups in total. The highest BCUT2D eigenvalue weighted by Gasteiger charge is 2.33. The number of esters is 1. The monoisotopic (exact) mass is 460 g/mol. The topological polar surface area (TPSA) is 78.0 Å². The summed E-state index contributed by atoms with van der Waals surface area (Å²) in [6.45, 7) is -1.49. The number of halogens is 4. The maximum absolute atomic E-state index is 12.4.